The first-order chi connectivity index (χ1) is 8.25. The molecule has 1 heterocycles. The fourth-order valence-corrected chi connectivity index (χ4v) is 3.64. The Hall–Kier alpha value is -0.990. The predicted octanol–water partition coefficient (Wildman–Crippen LogP) is 4.68. The number of hydrogen-bond acceptors (Lipinski definition) is 1. The summed E-state index contributed by atoms with van der Waals surface area (Å²) in [6.45, 7) is 0. The molecule has 0 aliphatic carbocycles. The van der Waals surface area contributed by atoms with Crippen molar-refractivity contribution >= 4 is 23.4 Å². The first kappa shape index (κ1) is 11.1. The molecule has 86 valence electrons. The summed E-state index contributed by atoms with van der Waals surface area (Å²) in [5.74, 6) is 0.611. The summed E-state index contributed by atoms with van der Waals surface area (Å²) >= 11 is 7.72. The maximum atomic E-state index is 13.7. The first-order valence-electron chi connectivity index (χ1n) is 5.42. The summed E-state index contributed by atoms with van der Waals surface area (Å²) in [5, 5.41) is 0.781. The Kier molecular flexibility index (Phi) is 2.85. The smallest absolute Gasteiger partial charge is 0.137 e. The van der Waals surface area contributed by atoms with Crippen LogP contribution in [0.15, 0.2) is 41.3 Å². The van der Waals surface area contributed by atoms with Crippen LogP contribution in [-0.2, 0) is 12.2 Å². The van der Waals surface area contributed by atoms with Crippen molar-refractivity contribution in [2.45, 2.75) is 17.1 Å². The van der Waals surface area contributed by atoms with Gasteiger partial charge in [0, 0.05) is 15.7 Å². The number of hydrogen-bond donors (Lipinski definition) is 0. The molecule has 0 unspecified atom stereocenters. The third-order valence-corrected chi connectivity index (χ3v) is 4.54. The molecule has 1 aliphatic heterocycles. The Labute approximate surface area is 109 Å². The monoisotopic (exact) mass is 264 g/mol. The molecule has 0 amide bonds. The molecule has 0 N–H and O–H groups in total. The second-order valence-electron chi connectivity index (χ2n) is 4.07. The molecule has 3 rings (SSSR count). The van der Waals surface area contributed by atoms with Crippen molar-refractivity contribution < 1.29 is 4.39 Å². The Bertz CT molecular complexity index is 529. The lowest BCUT2D eigenvalue weighted by atomic mass is 10.0. The molecule has 0 radical (unpaired) electrons. The molecule has 0 spiro atoms. The lowest BCUT2D eigenvalue weighted by Crippen LogP contribution is -1.93. The third-order valence-electron chi connectivity index (χ3n) is 3.01. The normalized spacial score (nSPS) is 13.8. The lowest BCUT2D eigenvalue weighted by molar-refractivity contribution is 0.598. The van der Waals surface area contributed by atoms with Crippen LogP contribution in [-0.4, -0.2) is 0 Å². The molecule has 0 fully saturated rings. The SMILES string of the molecule is Fc1cccc2c1SCc1c(Cl)cccc1C2. The Morgan fingerprint density at radius 3 is 2.71 bits per heavy atom. The molecular formula is C14H10ClFS. The highest BCUT2D eigenvalue weighted by atomic mass is 35.5. The quantitative estimate of drug-likeness (QED) is 0.666. The highest BCUT2D eigenvalue weighted by Gasteiger charge is 2.17. The fraction of sp³-hybridized carbons (Fsp3) is 0.143. The molecule has 0 atom stereocenters. The van der Waals surface area contributed by atoms with Crippen molar-refractivity contribution in [3.8, 4) is 0 Å². The number of fused-ring (bicyclic) bond motifs is 2. The standard InChI is InChI=1S/C14H10ClFS/c15-12-5-1-3-9-7-10-4-2-6-13(16)14(10)17-8-11(9)12/h1-6H,7-8H2. The van der Waals surface area contributed by atoms with E-state index in [1.807, 2.05) is 18.2 Å². The van der Waals surface area contributed by atoms with Crippen LogP contribution < -0.4 is 0 Å². The number of rotatable bonds is 0. The van der Waals surface area contributed by atoms with Crippen LogP contribution in [0.3, 0.4) is 0 Å². The van der Waals surface area contributed by atoms with E-state index in [1.54, 1.807) is 6.07 Å². The van der Waals surface area contributed by atoms with Gasteiger partial charge >= 0.3 is 0 Å². The van der Waals surface area contributed by atoms with E-state index >= 15 is 0 Å². The molecule has 17 heavy (non-hydrogen) atoms. The van der Waals surface area contributed by atoms with Crippen molar-refractivity contribution in [1.82, 2.24) is 0 Å². The minimum absolute atomic E-state index is 0.128. The van der Waals surface area contributed by atoms with Crippen molar-refractivity contribution in [2.75, 3.05) is 0 Å². The van der Waals surface area contributed by atoms with Gasteiger partial charge in [-0.05, 0) is 35.2 Å². The molecule has 0 saturated carbocycles. The van der Waals surface area contributed by atoms with E-state index in [9.17, 15) is 4.39 Å². The van der Waals surface area contributed by atoms with Gasteiger partial charge in [0.25, 0.3) is 0 Å². The van der Waals surface area contributed by atoms with E-state index in [4.69, 9.17) is 11.6 Å². The number of benzene rings is 2. The van der Waals surface area contributed by atoms with Crippen molar-refractivity contribution in [3.05, 3.63) is 63.9 Å². The van der Waals surface area contributed by atoms with Gasteiger partial charge < -0.3 is 0 Å². The third kappa shape index (κ3) is 1.96. The molecule has 0 saturated heterocycles. The van der Waals surface area contributed by atoms with Gasteiger partial charge in [0.1, 0.15) is 5.82 Å². The lowest BCUT2D eigenvalue weighted by Gasteiger charge is -2.06. The van der Waals surface area contributed by atoms with E-state index in [0.717, 1.165) is 33.2 Å². The average molecular weight is 265 g/mol. The van der Waals surface area contributed by atoms with E-state index in [2.05, 4.69) is 6.07 Å². The van der Waals surface area contributed by atoms with Crippen LogP contribution in [0.2, 0.25) is 5.02 Å². The van der Waals surface area contributed by atoms with Gasteiger partial charge in [-0.25, -0.2) is 4.39 Å². The second-order valence-corrected chi connectivity index (χ2v) is 5.46. The van der Waals surface area contributed by atoms with Crippen LogP contribution in [0.1, 0.15) is 16.7 Å². The molecule has 3 heteroatoms. The summed E-state index contributed by atoms with van der Waals surface area (Å²) in [6, 6.07) is 11.2. The van der Waals surface area contributed by atoms with Crippen LogP contribution in [0.5, 0.6) is 0 Å². The van der Waals surface area contributed by atoms with E-state index < -0.39 is 0 Å². The largest absolute Gasteiger partial charge is 0.206 e. The van der Waals surface area contributed by atoms with Crippen molar-refractivity contribution in [3.63, 3.8) is 0 Å². The van der Waals surface area contributed by atoms with E-state index in [0.29, 0.717) is 0 Å². The maximum absolute atomic E-state index is 13.7. The van der Waals surface area contributed by atoms with Crippen LogP contribution in [0.4, 0.5) is 4.39 Å². The minimum Gasteiger partial charge on any atom is -0.206 e. The zero-order valence-electron chi connectivity index (χ0n) is 9.04. The summed E-state index contributed by atoms with van der Waals surface area (Å²) in [7, 11) is 0. The summed E-state index contributed by atoms with van der Waals surface area (Å²) in [4.78, 5) is 0.764. The van der Waals surface area contributed by atoms with Gasteiger partial charge in [-0.2, -0.15) is 0 Å². The molecule has 2 aromatic rings. The van der Waals surface area contributed by atoms with E-state index in [-0.39, 0.29) is 5.82 Å². The minimum atomic E-state index is -0.128. The van der Waals surface area contributed by atoms with Crippen molar-refractivity contribution in [1.29, 1.82) is 0 Å². The molecular weight excluding hydrogens is 255 g/mol. The maximum Gasteiger partial charge on any atom is 0.137 e. The summed E-state index contributed by atoms with van der Waals surface area (Å²) in [5.41, 5.74) is 3.39. The van der Waals surface area contributed by atoms with E-state index in [1.165, 1.54) is 23.4 Å². The van der Waals surface area contributed by atoms with Gasteiger partial charge in [-0.1, -0.05) is 35.9 Å². The summed E-state index contributed by atoms with van der Waals surface area (Å²) < 4.78 is 13.7. The molecule has 1 aliphatic rings. The fourth-order valence-electron chi connectivity index (χ4n) is 2.13. The molecule has 0 bridgehead atoms. The molecule has 0 aromatic heterocycles. The van der Waals surface area contributed by atoms with Crippen LogP contribution in [0, 0.1) is 5.82 Å². The highest BCUT2D eigenvalue weighted by Crippen LogP contribution is 2.37. The van der Waals surface area contributed by atoms with Gasteiger partial charge in [0.2, 0.25) is 0 Å². The van der Waals surface area contributed by atoms with Crippen LogP contribution >= 0.6 is 23.4 Å². The highest BCUT2D eigenvalue weighted by molar-refractivity contribution is 7.98. The predicted molar refractivity (Wildman–Crippen MR) is 70.2 cm³/mol. The Morgan fingerprint density at radius 1 is 1.06 bits per heavy atom. The summed E-state index contributed by atoms with van der Waals surface area (Å²) in [6.07, 6.45) is 0.760. The number of thioether (sulfide) groups is 1. The van der Waals surface area contributed by atoms with Gasteiger partial charge in [-0.3, -0.25) is 0 Å². The van der Waals surface area contributed by atoms with Crippen molar-refractivity contribution in [2.24, 2.45) is 0 Å². The Morgan fingerprint density at radius 2 is 1.82 bits per heavy atom. The number of halogens is 2. The molecule has 0 nitrogen and oxygen atoms in total. The average Bonchev–Trinajstić information content (AvgIpc) is 2.50. The zero-order chi connectivity index (χ0) is 11.8. The van der Waals surface area contributed by atoms with Gasteiger partial charge in [0.05, 0.1) is 0 Å². The first-order valence-corrected chi connectivity index (χ1v) is 6.78. The molecule has 2 aromatic carbocycles. The van der Waals surface area contributed by atoms with Gasteiger partial charge in [0.15, 0.2) is 0 Å². The second kappa shape index (κ2) is 4.35. The van der Waals surface area contributed by atoms with Crippen LogP contribution in [0.25, 0.3) is 0 Å². The zero-order valence-corrected chi connectivity index (χ0v) is 10.6. The van der Waals surface area contributed by atoms with Gasteiger partial charge in [-0.15, -0.1) is 11.8 Å². The topological polar surface area (TPSA) is 0 Å². The Balaban J connectivity index is 2.14.